The molecule has 0 aliphatic rings. The van der Waals surface area contributed by atoms with Gasteiger partial charge in [0.05, 0.1) is 10.6 Å². The third-order valence-electron chi connectivity index (χ3n) is 1.26. The number of hydrogen-bond donors (Lipinski definition) is 0. The molecule has 0 radical (unpaired) electrons. The summed E-state index contributed by atoms with van der Waals surface area (Å²) in [4.78, 5) is 11.4. The van der Waals surface area contributed by atoms with Crippen LogP contribution in [0.1, 0.15) is 10.4 Å². The fraction of sp³-hybridized carbons (Fsp3) is 0. The molecule has 1 aromatic carbocycles. The normalized spacial score (nSPS) is 9.92. The molecular weight excluding hydrogens is 239 g/mol. The van der Waals surface area contributed by atoms with E-state index < -0.39 is 5.24 Å². The van der Waals surface area contributed by atoms with Crippen molar-refractivity contribution >= 4 is 50.1 Å². The van der Waals surface area contributed by atoms with E-state index in [4.69, 9.17) is 33.9 Å². The van der Waals surface area contributed by atoms with Crippen molar-refractivity contribution < 1.29 is 4.79 Å². The average Bonchev–Trinajstić information content (AvgIpc) is 2.03. The van der Waals surface area contributed by atoms with Crippen molar-refractivity contribution in [1.29, 1.82) is 0 Å². The van der Waals surface area contributed by atoms with Gasteiger partial charge in [-0.3, -0.25) is 4.79 Å². The van der Waals surface area contributed by atoms with Gasteiger partial charge in [-0.1, -0.05) is 17.7 Å². The zero-order chi connectivity index (χ0) is 9.14. The van der Waals surface area contributed by atoms with Crippen LogP contribution in [0.15, 0.2) is 23.1 Å². The van der Waals surface area contributed by atoms with Crippen LogP contribution in [-0.4, -0.2) is 5.24 Å². The fourth-order valence-electron chi connectivity index (χ4n) is 0.759. The lowest BCUT2D eigenvalue weighted by molar-refractivity contribution is 0.107. The Bertz CT molecular complexity index is 314. The van der Waals surface area contributed by atoms with Crippen LogP contribution in [0.25, 0.3) is 0 Å². The third kappa shape index (κ3) is 2.07. The van der Waals surface area contributed by atoms with Gasteiger partial charge in [-0.25, -0.2) is 0 Å². The zero-order valence-electron chi connectivity index (χ0n) is 5.68. The first-order chi connectivity index (χ1) is 5.66. The molecule has 5 heteroatoms. The number of carbonyl (C=O) groups is 1. The standard InChI is InChI=1S/C7H3Cl3OS/c8-4-2-1-3-5(12-10)6(4)7(9)11/h1-3H. The maximum atomic E-state index is 10.9. The Labute approximate surface area is 88.5 Å². The molecule has 0 spiro atoms. The first-order valence-electron chi connectivity index (χ1n) is 2.93. The van der Waals surface area contributed by atoms with Crippen LogP contribution in [0, 0.1) is 0 Å². The molecule has 1 nitrogen and oxygen atoms in total. The predicted octanol–water partition coefficient (Wildman–Crippen LogP) is 3.96. The highest BCUT2D eigenvalue weighted by Crippen LogP contribution is 2.31. The van der Waals surface area contributed by atoms with Gasteiger partial charge < -0.3 is 0 Å². The molecule has 64 valence electrons. The van der Waals surface area contributed by atoms with E-state index in [-0.39, 0.29) is 5.56 Å². The summed E-state index contributed by atoms with van der Waals surface area (Å²) in [5.74, 6) is 0. The van der Waals surface area contributed by atoms with E-state index in [1.54, 1.807) is 18.2 Å². The van der Waals surface area contributed by atoms with E-state index in [2.05, 4.69) is 0 Å². The van der Waals surface area contributed by atoms with Gasteiger partial charge in [-0.05, 0) is 45.4 Å². The average molecular weight is 242 g/mol. The lowest BCUT2D eigenvalue weighted by Crippen LogP contribution is -1.92. The molecule has 1 aromatic rings. The minimum Gasteiger partial charge on any atom is -0.276 e. The maximum absolute atomic E-state index is 10.9. The second-order valence-electron chi connectivity index (χ2n) is 1.96. The monoisotopic (exact) mass is 240 g/mol. The predicted molar refractivity (Wildman–Crippen MR) is 53.3 cm³/mol. The molecule has 0 bridgehead atoms. The smallest absolute Gasteiger partial charge is 0.255 e. The molecule has 0 atom stereocenters. The van der Waals surface area contributed by atoms with Crippen molar-refractivity contribution in [2.24, 2.45) is 0 Å². The summed E-state index contributed by atoms with van der Waals surface area (Å²) < 4.78 is 0. The summed E-state index contributed by atoms with van der Waals surface area (Å²) in [7, 11) is 6.42. The van der Waals surface area contributed by atoms with Crippen LogP contribution in [0.3, 0.4) is 0 Å². The minimum absolute atomic E-state index is 0.265. The first-order valence-corrected chi connectivity index (χ1v) is 5.33. The Morgan fingerprint density at radius 2 is 2.08 bits per heavy atom. The Balaban J connectivity index is 3.29. The Morgan fingerprint density at radius 3 is 2.50 bits per heavy atom. The van der Waals surface area contributed by atoms with Crippen LogP contribution in [-0.2, 0) is 0 Å². The van der Waals surface area contributed by atoms with Gasteiger partial charge in [0.1, 0.15) is 0 Å². The van der Waals surface area contributed by atoms with Crippen LogP contribution >= 0.6 is 44.9 Å². The molecule has 0 saturated heterocycles. The summed E-state index contributed by atoms with van der Waals surface area (Å²) in [5, 5.41) is -0.274. The van der Waals surface area contributed by atoms with Crippen LogP contribution in [0.4, 0.5) is 0 Å². The van der Waals surface area contributed by atoms with E-state index in [1.807, 2.05) is 0 Å². The molecule has 0 saturated carbocycles. The molecule has 0 aliphatic heterocycles. The molecule has 0 fully saturated rings. The fourth-order valence-corrected chi connectivity index (χ4v) is 2.18. The highest BCUT2D eigenvalue weighted by atomic mass is 35.7. The molecule has 0 amide bonds. The van der Waals surface area contributed by atoms with Gasteiger partial charge in [0.15, 0.2) is 0 Å². The number of halogens is 3. The molecule has 12 heavy (non-hydrogen) atoms. The molecular formula is C7H3Cl3OS. The lowest BCUT2D eigenvalue weighted by atomic mass is 10.2. The summed E-state index contributed by atoms with van der Waals surface area (Å²) in [5.41, 5.74) is 0.265. The molecule has 0 heterocycles. The van der Waals surface area contributed by atoms with E-state index in [1.165, 1.54) is 0 Å². The van der Waals surface area contributed by atoms with Crippen molar-refractivity contribution in [3.05, 3.63) is 28.8 Å². The van der Waals surface area contributed by atoms with Crippen molar-refractivity contribution in [3.8, 4) is 0 Å². The number of hydrogen-bond acceptors (Lipinski definition) is 2. The SMILES string of the molecule is O=C(Cl)c1c(Cl)cccc1SCl. The van der Waals surface area contributed by atoms with Crippen molar-refractivity contribution in [1.82, 2.24) is 0 Å². The quantitative estimate of drug-likeness (QED) is 0.729. The van der Waals surface area contributed by atoms with Crippen LogP contribution < -0.4 is 0 Å². The van der Waals surface area contributed by atoms with Gasteiger partial charge in [-0.15, -0.1) is 0 Å². The summed E-state index contributed by atoms with van der Waals surface area (Å²) >= 11 is 11.0. The van der Waals surface area contributed by atoms with E-state index in [0.29, 0.717) is 9.92 Å². The molecule has 0 unspecified atom stereocenters. The summed E-state index contributed by atoms with van der Waals surface area (Å²) in [6.07, 6.45) is 0. The third-order valence-corrected chi connectivity index (χ3v) is 2.76. The maximum Gasteiger partial charge on any atom is 0.255 e. The largest absolute Gasteiger partial charge is 0.276 e. The second kappa shape index (κ2) is 4.38. The number of carbonyl (C=O) groups excluding carboxylic acids is 1. The highest BCUT2D eigenvalue weighted by Gasteiger charge is 2.12. The van der Waals surface area contributed by atoms with Crippen molar-refractivity contribution in [2.45, 2.75) is 4.90 Å². The second-order valence-corrected chi connectivity index (χ2v) is 3.77. The number of rotatable bonds is 2. The topological polar surface area (TPSA) is 17.1 Å². The van der Waals surface area contributed by atoms with Crippen molar-refractivity contribution in [3.63, 3.8) is 0 Å². The Hall–Kier alpha value is 0.110. The minimum atomic E-state index is -0.594. The van der Waals surface area contributed by atoms with Crippen LogP contribution in [0.5, 0.6) is 0 Å². The van der Waals surface area contributed by atoms with Gasteiger partial charge in [0.25, 0.3) is 5.24 Å². The lowest BCUT2D eigenvalue weighted by Gasteiger charge is -2.02. The zero-order valence-corrected chi connectivity index (χ0v) is 8.77. The summed E-state index contributed by atoms with van der Waals surface area (Å²) in [6, 6.07) is 4.98. The van der Waals surface area contributed by atoms with E-state index >= 15 is 0 Å². The van der Waals surface area contributed by atoms with Gasteiger partial charge in [0, 0.05) is 4.90 Å². The van der Waals surface area contributed by atoms with Gasteiger partial charge in [0.2, 0.25) is 0 Å². The highest BCUT2D eigenvalue weighted by molar-refractivity contribution is 8.21. The summed E-state index contributed by atoms with van der Waals surface area (Å²) in [6.45, 7) is 0. The van der Waals surface area contributed by atoms with Gasteiger partial charge >= 0.3 is 0 Å². The van der Waals surface area contributed by atoms with Crippen molar-refractivity contribution in [2.75, 3.05) is 0 Å². The van der Waals surface area contributed by atoms with Gasteiger partial charge in [-0.2, -0.15) is 0 Å². The molecule has 0 aromatic heterocycles. The molecule has 0 N–H and O–H groups in total. The number of benzene rings is 1. The Kier molecular flexibility index (Phi) is 3.72. The molecule has 0 aliphatic carbocycles. The molecule has 1 rings (SSSR count). The first kappa shape index (κ1) is 10.2. The Morgan fingerprint density at radius 1 is 1.42 bits per heavy atom. The van der Waals surface area contributed by atoms with Crippen LogP contribution in [0.2, 0.25) is 5.02 Å². The van der Waals surface area contributed by atoms with E-state index in [0.717, 1.165) is 11.0 Å². The van der Waals surface area contributed by atoms with E-state index in [9.17, 15) is 4.79 Å².